The van der Waals surface area contributed by atoms with E-state index in [1.165, 1.54) is 4.90 Å². The minimum atomic E-state index is -0.646. The second kappa shape index (κ2) is 8.06. The lowest BCUT2D eigenvalue weighted by atomic mass is 10.2. The smallest absolute Gasteiger partial charge is 0.293 e. The molecule has 2 aliphatic heterocycles. The van der Waals surface area contributed by atoms with Crippen LogP contribution in [-0.2, 0) is 9.59 Å². The summed E-state index contributed by atoms with van der Waals surface area (Å²) in [4.78, 5) is 42.9. The maximum absolute atomic E-state index is 12.7. The van der Waals surface area contributed by atoms with Gasteiger partial charge in [-0.15, -0.1) is 0 Å². The van der Waals surface area contributed by atoms with E-state index in [-0.39, 0.29) is 23.5 Å². The van der Waals surface area contributed by atoms with Crippen LogP contribution in [0.2, 0.25) is 0 Å². The van der Waals surface area contributed by atoms with Gasteiger partial charge in [-0.25, -0.2) is 4.90 Å². The lowest BCUT2D eigenvalue weighted by molar-refractivity contribution is -0.133. The number of amides is 3. The van der Waals surface area contributed by atoms with Crippen molar-refractivity contribution in [1.29, 1.82) is 0 Å². The molecule has 2 fully saturated rings. The molecule has 2 saturated heterocycles. The van der Waals surface area contributed by atoms with Gasteiger partial charge in [0.1, 0.15) is 5.25 Å². The zero-order valence-electron chi connectivity index (χ0n) is 15.4. The van der Waals surface area contributed by atoms with E-state index in [0.29, 0.717) is 18.8 Å². The van der Waals surface area contributed by atoms with Crippen molar-refractivity contribution in [2.45, 2.75) is 11.7 Å². The number of piperazine rings is 1. The van der Waals surface area contributed by atoms with Gasteiger partial charge in [0, 0.05) is 38.3 Å². The maximum Gasteiger partial charge on any atom is 0.293 e. The number of rotatable bonds is 4. The van der Waals surface area contributed by atoms with Gasteiger partial charge in [-0.2, -0.15) is 0 Å². The summed E-state index contributed by atoms with van der Waals surface area (Å²) in [7, 11) is 0. The highest BCUT2D eigenvalue weighted by atomic mass is 32.2. The van der Waals surface area contributed by atoms with Crippen LogP contribution in [0.5, 0.6) is 0 Å². The normalized spacial score (nSPS) is 20.0. The lowest BCUT2D eigenvalue weighted by Crippen LogP contribution is -2.49. The standard InChI is InChI=1S/C21H21N3O3S/c25-19(23-13-11-22(12-14-23)16-7-3-1-4-8-16)15-18-20(26)24(21(27)28-18)17-9-5-2-6-10-17/h1-10,18H,11-15H2/t18-/m1/s1. The van der Waals surface area contributed by atoms with E-state index in [1.54, 1.807) is 29.2 Å². The van der Waals surface area contributed by atoms with E-state index in [1.807, 2.05) is 24.3 Å². The first kappa shape index (κ1) is 18.6. The number of carbonyl (C=O) groups excluding carboxylic acids is 3. The van der Waals surface area contributed by atoms with Gasteiger partial charge in [0.15, 0.2) is 0 Å². The fraction of sp³-hybridized carbons (Fsp3) is 0.286. The Hall–Kier alpha value is -2.80. The van der Waals surface area contributed by atoms with Gasteiger partial charge in [0.2, 0.25) is 11.8 Å². The van der Waals surface area contributed by atoms with Crippen LogP contribution in [0.3, 0.4) is 0 Å². The molecule has 0 aromatic heterocycles. The molecule has 2 aromatic rings. The van der Waals surface area contributed by atoms with E-state index in [4.69, 9.17) is 0 Å². The summed E-state index contributed by atoms with van der Waals surface area (Å²) in [5, 5.41) is -0.963. The SMILES string of the molecule is O=C(C[C@H]1SC(=O)N(c2ccccc2)C1=O)N1CCN(c2ccccc2)CC1. The molecule has 2 heterocycles. The fourth-order valence-electron chi connectivity index (χ4n) is 3.54. The van der Waals surface area contributed by atoms with Gasteiger partial charge in [0.05, 0.1) is 5.69 Å². The van der Waals surface area contributed by atoms with Crippen LogP contribution in [0.4, 0.5) is 16.2 Å². The summed E-state index contributed by atoms with van der Waals surface area (Å²) >= 11 is 0.946. The van der Waals surface area contributed by atoms with E-state index in [0.717, 1.165) is 30.5 Å². The molecule has 0 aliphatic carbocycles. The third kappa shape index (κ3) is 3.75. The van der Waals surface area contributed by atoms with Gasteiger partial charge in [-0.1, -0.05) is 36.4 Å². The average molecular weight is 395 g/mol. The van der Waals surface area contributed by atoms with E-state index < -0.39 is 5.25 Å². The molecule has 0 spiro atoms. The van der Waals surface area contributed by atoms with Crippen molar-refractivity contribution in [3.05, 3.63) is 60.7 Å². The van der Waals surface area contributed by atoms with Crippen molar-refractivity contribution in [1.82, 2.24) is 4.90 Å². The Labute approximate surface area is 168 Å². The predicted molar refractivity (Wildman–Crippen MR) is 111 cm³/mol. The first-order chi connectivity index (χ1) is 13.6. The molecule has 2 aromatic carbocycles. The number of imide groups is 1. The number of carbonyl (C=O) groups is 3. The molecule has 0 radical (unpaired) electrons. The van der Waals surface area contributed by atoms with Crippen molar-refractivity contribution < 1.29 is 14.4 Å². The number of benzene rings is 2. The van der Waals surface area contributed by atoms with Gasteiger partial charge >= 0.3 is 0 Å². The topological polar surface area (TPSA) is 60.9 Å². The quantitative estimate of drug-likeness (QED) is 0.797. The lowest BCUT2D eigenvalue weighted by Gasteiger charge is -2.36. The molecule has 0 N–H and O–H groups in total. The van der Waals surface area contributed by atoms with Crippen molar-refractivity contribution in [2.24, 2.45) is 0 Å². The molecular formula is C21H21N3O3S. The molecule has 0 bridgehead atoms. The number of nitrogens with zero attached hydrogens (tertiary/aromatic N) is 3. The van der Waals surface area contributed by atoms with Crippen molar-refractivity contribution >= 4 is 40.2 Å². The Kier molecular flexibility index (Phi) is 5.34. The molecule has 2 aliphatic rings. The second-order valence-corrected chi connectivity index (χ2v) is 7.94. The Morgan fingerprint density at radius 2 is 1.43 bits per heavy atom. The number of hydrogen-bond acceptors (Lipinski definition) is 5. The van der Waals surface area contributed by atoms with Gasteiger partial charge in [-0.05, 0) is 36.0 Å². The Bertz CT molecular complexity index is 867. The largest absolute Gasteiger partial charge is 0.368 e. The average Bonchev–Trinajstić information content (AvgIpc) is 3.02. The first-order valence-corrected chi connectivity index (χ1v) is 10.2. The van der Waals surface area contributed by atoms with Crippen LogP contribution in [0, 0.1) is 0 Å². The zero-order valence-corrected chi connectivity index (χ0v) is 16.2. The molecule has 0 unspecified atom stereocenters. The summed E-state index contributed by atoms with van der Waals surface area (Å²) in [6.07, 6.45) is 0.0594. The summed E-state index contributed by atoms with van der Waals surface area (Å²) < 4.78 is 0. The summed E-state index contributed by atoms with van der Waals surface area (Å²) in [5.74, 6) is -0.376. The third-order valence-corrected chi connectivity index (χ3v) is 6.09. The molecule has 4 rings (SSSR count). The highest BCUT2D eigenvalue weighted by molar-refractivity contribution is 8.15. The number of anilines is 2. The van der Waals surface area contributed by atoms with Crippen LogP contribution in [0.15, 0.2) is 60.7 Å². The molecular weight excluding hydrogens is 374 g/mol. The summed E-state index contributed by atoms with van der Waals surface area (Å²) in [6, 6.07) is 19.0. The van der Waals surface area contributed by atoms with Gasteiger partial charge in [0.25, 0.3) is 5.24 Å². The van der Waals surface area contributed by atoms with E-state index >= 15 is 0 Å². The number of hydrogen-bond donors (Lipinski definition) is 0. The Balaban J connectivity index is 1.34. The molecule has 7 heteroatoms. The highest BCUT2D eigenvalue weighted by Gasteiger charge is 2.42. The molecule has 144 valence electrons. The molecule has 6 nitrogen and oxygen atoms in total. The van der Waals surface area contributed by atoms with E-state index in [9.17, 15) is 14.4 Å². The maximum atomic E-state index is 12.7. The van der Waals surface area contributed by atoms with E-state index in [2.05, 4.69) is 17.0 Å². The predicted octanol–water partition coefficient (Wildman–Crippen LogP) is 2.99. The van der Waals surface area contributed by atoms with Crippen LogP contribution in [0.25, 0.3) is 0 Å². The van der Waals surface area contributed by atoms with Gasteiger partial charge < -0.3 is 9.80 Å². The minimum Gasteiger partial charge on any atom is -0.368 e. The highest BCUT2D eigenvalue weighted by Crippen LogP contribution is 2.33. The van der Waals surface area contributed by atoms with Crippen molar-refractivity contribution in [2.75, 3.05) is 36.0 Å². The van der Waals surface area contributed by atoms with Crippen LogP contribution >= 0.6 is 11.8 Å². The van der Waals surface area contributed by atoms with Crippen molar-refractivity contribution in [3.63, 3.8) is 0 Å². The van der Waals surface area contributed by atoms with Crippen molar-refractivity contribution in [3.8, 4) is 0 Å². The molecule has 28 heavy (non-hydrogen) atoms. The Morgan fingerprint density at radius 3 is 2.04 bits per heavy atom. The molecule has 3 amide bonds. The monoisotopic (exact) mass is 395 g/mol. The van der Waals surface area contributed by atoms with Crippen LogP contribution in [0.1, 0.15) is 6.42 Å². The van der Waals surface area contributed by atoms with Gasteiger partial charge in [-0.3, -0.25) is 14.4 Å². The van der Waals surface area contributed by atoms with Crippen LogP contribution in [-0.4, -0.2) is 53.4 Å². The first-order valence-electron chi connectivity index (χ1n) is 9.31. The number of thioether (sulfide) groups is 1. The van der Waals surface area contributed by atoms with Crippen LogP contribution < -0.4 is 9.80 Å². The fourth-order valence-corrected chi connectivity index (χ4v) is 4.51. The molecule has 1 atom stereocenters. The third-order valence-electron chi connectivity index (χ3n) is 5.05. The second-order valence-electron chi connectivity index (χ2n) is 6.79. The zero-order chi connectivity index (χ0) is 19.5. The summed E-state index contributed by atoms with van der Waals surface area (Å²) in [5.41, 5.74) is 1.71. The summed E-state index contributed by atoms with van der Waals surface area (Å²) in [6.45, 7) is 2.76. The Morgan fingerprint density at radius 1 is 0.857 bits per heavy atom. The molecule has 0 saturated carbocycles. The minimum absolute atomic E-state index is 0.0594. The number of para-hydroxylation sites is 2.